The van der Waals surface area contributed by atoms with Gasteiger partial charge in [-0.1, -0.05) is 86.8 Å². The summed E-state index contributed by atoms with van der Waals surface area (Å²) < 4.78 is 0. The average molecular weight is 367 g/mol. The van der Waals surface area contributed by atoms with Gasteiger partial charge < -0.3 is 11.1 Å². The molecule has 0 rings (SSSR count). The number of nitrogens with two attached hydrogens (primary N) is 1. The van der Waals surface area contributed by atoms with Crippen LogP contribution in [0.15, 0.2) is 24.8 Å². The summed E-state index contributed by atoms with van der Waals surface area (Å²) in [6.07, 6.45) is 9.76. The molecular weight excluding hydrogens is 324 g/mol. The molecule has 0 aliphatic rings. The van der Waals surface area contributed by atoms with Crippen molar-refractivity contribution in [3.05, 3.63) is 24.8 Å². The summed E-state index contributed by atoms with van der Waals surface area (Å²) in [4.78, 5) is 21.7. The Bertz CT molecular complexity index is 446. The molecule has 0 unspecified atom stereocenters. The molecule has 0 atom stereocenters. The quantitative estimate of drug-likeness (QED) is 0.392. The predicted molar refractivity (Wildman–Crippen MR) is 113 cm³/mol. The van der Waals surface area contributed by atoms with Crippen molar-refractivity contribution in [3.8, 4) is 0 Å². The lowest BCUT2D eigenvalue weighted by atomic mass is 9.72. The van der Waals surface area contributed by atoms with Gasteiger partial charge in [0.05, 0.1) is 0 Å². The van der Waals surface area contributed by atoms with E-state index in [1.165, 1.54) is 38.2 Å². The number of carbonyl (C=O) groups excluding carboxylic acids is 2. The van der Waals surface area contributed by atoms with Gasteiger partial charge in [-0.05, 0) is 29.7 Å². The van der Waals surface area contributed by atoms with E-state index in [1.807, 2.05) is 13.8 Å². The van der Waals surface area contributed by atoms with E-state index < -0.39 is 5.91 Å². The first-order valence-corrected chi connectivity index (χ1v) is 9.77. The molecule has 0 aromatic heterocycles. The third-order valence-corrected chi connectivity index (χ3v) is 4.10. The van der Waals surface area contributed by atoms with E-state index in [9.17, 15) is 9.59 Å². The molecule has 0 aliphatic carbocycles. The van der Waals surface area contributed by atoms with Gasteiger partial charge in [0.15, 0.2) is 0 Å². The van der Waals surface area contributed by atoms with Crippen molar-refractivity contribution in [1.29, 1.82) is 0 Å². The van der Waals surface area contributed by atoms with Crippen molar-refractivity contribution in [1.82, 2.24) is 5.32 Å². The zero-order chi connectivity index (χ0) is 20.8. The van der Waals surface area contributed by atoms with Crippen LogP contribution in [0.5, 0.6) is 0 Å². The fraction of sp³-hybridized carbons (Fsp3) is 0.727. The van der Waals surface area contributed by atoms with Crippen molar-refractivity contribution >= 4 is 11.8 Å². The first kappa shape index (κ1) is 26.6. The first-order valence-electron chi connectivity index (χ1n) is 9.77. The van der Waals surface area contributed by atoms with Crippen LogP contribution < -0.4 is 11.1 Å². The van der Waals surface area contributed by atoms with Crippen molar-refractivity contribution in [3.63, 3.8) is 0 Å². The van der Waals surface area contributed by atoms with Crippen LogP contribution in [0.3, 0.4) is 0 Å². The predicted octanol–water partition coefficient (Wildman–Crippen LogP) is 5.14. The van der Waals surface area contributed by atoms with Crippen LogP contribution in [0.1, 0.15) is 86.5 Å². The van der Waals surface area contributed by atoms with Crippen LogP contribution in [0.4, 0.5) is 0 Å². The maximum Gasteiger partial charge on any atom is 0.244 e. The fourth-order valence-corrected chi connectivity index (χ4v) is 2.96. The van der Waals surface area contributed by atoms with Gasteiger partial charge in [-0.2, -0.15) is 0 Å². The maximum atomic E-state index is 11.0. The summed E-state index contributed by atoms with van der Waals surface area (Å²) in [6.45, 7) is 20.6. The van der Waals surface area contributed by atoms with E-state index in [-0.39, 0.29) is 16.7 Å². The highest BCUT2D eigenvalue weighted by molar-refractivity contribution is 5.92. The Morgan fingerprint density at radius 2 is 1.50 bits per heavy atom. The lowest BCUT2D eigenvalue weighted by Gasteiger charge is -2.32. The van der Waals surface area contributed by atoms with Crippen molar-refractivity contribution in [2.24, 2.45) is 16.6 Å². The molecule has 152 valence electrons. The Morgan fingerprint density at radius 1 is 1.00 bits per heavy atom. The molecule has 0 heterocycles. The van der Waals surface area contributed by atoms with Gasteiger partial charge in [0.25, 0.3) is 0 Å². The second kappa shape index (κ2) is 13.6. The number of amides is 2. The molecule has 0 aromatic carbocycles. The van der Waals surface area contributed by atoms with E-state index in [0.717, 1.165) is 19.4 Å². The minimum absolute atomic E-state index is 0.0615. The molecular formula is C22H42N2O2. The first-order chi connectivity index (χ1) is 11.9. The Balaban J connectivity index is 0. The molecule has 0 fully saturated rings. The summed E-state index contributed by atoms with van der Waals surface area (Å²) in [7, 11) is 0. The van der Waals surface area contributed by atoms with E-state index in [0.29, 0.717) is 5.57 Å². The van der Waals surface area contributed by atoms with Crippen LogP contribution in [0.25, 0.3) is 0 Å². The minimum Gasteiger partial charge on any atom is -0.366 e. The van der Waals surface area contributed by atoms with Crippen molar-refractivity contribution in [2.75, 3.05) is 6.54 Å². The molecule has 4 heteroatoms. The van der Waals surface area contributed by atoms with E-state index in [4.69, 9.17) is 5.73 Å². The zero-order valence-electron chi connectivity index (χ0n) is 18.0. The van der Waals surface area contributed by atoms with Gasteiger partial charge in [-0.15, -0.1) is 0 Å². The highest BCUT2D eigenvalue weighted by atomic mass is 16.1. The maximum absolute atomic E-state index is 11.0. The molecule has 0 aromatic rings. The third-order valence-electron chi connectivity index (χ3n) is 4.10. The molecule has 0 radical (unpaired) electrons. The highest BCUT2D eigenvalue weighted by Gasteiger charge is 2.30. The van der Waals surface area contributed by atoms with E-state index in [1.54, 1.807) is 0 Å². The van der Waals surface area contributed by atoms with Gasteiger partial charge in [-0.25, -0.2) is 0 Å². The third kappa shape index (κ3) is 15.9. The molecule has 0 bridgehead atoms. The van der Waals surface area contributed by atoms with Crippen LogP contribution in [0.2, 0.25) is 0 Å². The number of hydrogen-bond acceptors (Lipinski definition) is 2. The number of rotatable bonds is 11. The molecule has 0 saturated heterocycles. The van der Waals surface area contributed by atoms with Crippen LogP contribution in [-0.4, -0.2) is 18.4 Å². The Morgan fingerprint density at radius 3 is 1.92 bits per heavy atom. The summed E-state index contributed by atoms with van der Waals surface area (Å²) in [5.41, 5.74) is 5.70. The molecule has 4 nitrogen and oxygen atoms in total. The van der Waals surface area contributed by atoms with Gasteiger partial charge in [-0.3, -0.25) is 9.59 Å². The van der Waals surface area contributed by atoms with Gasteiger partial charge >= 0.3 is 0 Å². The number of hydrogen-bond donors (Lipinski definition) is 2. The summed E-state index contributed by atoms with van der Waals surface area (Å²) in [6, 6.07) is 0. The lowest BCUT2D eigenvalue weighted by molar-refractivity contribution is -0.117. The molecule has 26 heavy (non-hydrogen) atoms. The Labute approximate surface area is 161 Å². The Hall–Kier alpha value is -1.58. The topological polar surface area (TPSA) is 72.2 Å². The zero-order valence-corrected chi connectivity index (χ0v) is 18.0. The standard InChI is InChI=1S/2C11H21NO/c1-8(9(12)13)11(5,6)7-10(2,3)4;1-3-5-6-7-8-9-10-12-11(13)4-2/h1,7H2,2-6H3,(H2,12,13);4H,2-3,5-10H2,1H3,(H,12,13). The Kier molecular flexibility index (Phi) is 13.9. The molecule has 2 amide bonds. The molecule has 0 saturated carbocycles. The smallest absolute Gasteiger partial charge is 0.244 e. The van der Waals surface area contributed by atoms with Crippen LogP contribution >= 0.6 is 0 Å². The number of carbonyl (C=O) groups is 2. The van der Waals surface area contributed by atoms with Crippen LogP contribution in [0, 0.1) is 10.8 Å². The van der Waals surface area contributed by atoms with Gasteiger partial charge in [0.1, 0.15) is 0 Å². The monoisotopic (exact) mass is 366 g/mol. The second-order valence-corrected chi connectivity index (χ2v) is 8.73. The number of unbranched alkanes of at least 4 members (excludes halogenated alkanes) is 5. The average Bonchev–Trinajstić information content (AvgIpc) is 2.51. The summed E-state index contributed by atoms with van der Waals surface area (Å²) in [5, 5.41) is 2.77. The van der Waals surface area contributed by atoms with Crippen molar-refractivity contribution < 1.29 is 9.59 Å². The SMILES string of the molecule is C=C(C(N)=O)C(C)(C)CC(C)(C)C.C=CC(=O)NCCCCCCCC. The van der Waals surface area contributed by atoms with Crippen molar-refractivity contribution in [2.45, 2.75) is 86.5 Å². The fourth-order valence-electron chi connectivity index (χ4n) is 2.96. The molecule has 3 N–H and O–H groups in total. The van der Waals surface area contributed by atoms with E-state index in [2.05, 4.69) is 46.2 Å². The highest BCUT2D eigenvalue weighted by Crippen LogP contribution is 2.37. The normalized spacial score (nSPS) is 11.2. The summed E-state index contributed by atoms with van der Waals surface area (Å²) in [5.74, 6) is -0.456. The van der Waals surface area contributed by atoms with Crippen LogP contribution in [-0.2, 0) is 9.59 Å². The lowest BCUT2D eigenvalue weighted by Crippen LogP contribution is -2.29. The van der Waals surface area contributed by atoms with E-state index >= 15 is 0 Å². The minimum atomic E-state index is -0.394. The number of nitrogens with one attached hydrogen (secondary N) is 1. The molecule has 0 aliphatic heterocycles. The summed E-state index contributed by atoms with van der Waals surface area (Å²) >= 11 is 0. The number of primary amides is 1. The van der Waals surface area contributed by atoms with Gasteiger partial charge in [0, 0.05) is 12.1 Å². The van der Waals surface area contributed by atoms with Gasteiger partial charge in [0.2, 0.25) is 11.8 Å². The second-order valence-electron chi connectivity index (χ2n) is 8.73. The largest absolute Gasteiger partial charge is 0.366 e. The molecule has 0 spiro atoms.